The van der Waals surface area contributed by atoms with Crippen LogP contribution < -0.4 is 5.56 Å². The number of rotatable bonds is 4. The Morgan fingerprint density at radius 2 is 1.87 bits per heavy atom. The molecule has 5 rings (SSSR count). The summed E-state index contributed by atoms with van der Waals surface area (Å²) in [6.07, 6.45) is 0.474. The monoisotopic (exact) mass is 427 g/mol. The number of alkyl halides is 2. The minimum Gasteiger partial charge on any atom is -0.308 e. The highest BCUT2D eigenvalue weighted by atomic mass is 19.3. The number of nitrogens with one attached hydrogen (secondary N) is 2. The van der Waals surface area contributed by atoms with Gasteiger partial charge in [-0.3, -0.25) is 14.8 Å². The number of aromatic nitrogens is 4. The highest BCUT2D eigenvalue weighted by Gasteiger charge is 2.37. The SMILES string of the molecule is CC1CN(Cc2ccccc2)CC1c1nc2c(C3CCC(F)(F)CC3)[nH]nc2c(=O)[nH]1. The Kier molecular flexibility index (Phi) is 5.12. The molecule has 3 aromatic rings. The molecule has 2 fully saturated rings. The van der Waals surface area contributed by atoms with Gasteiger partial charge in [0.2, 0.25) is 5.92 Å². The molecule has 1 aromatic carbocycles. The Morgan fingerprint density at radius 3 is 2.61 bits per heavy atom. The molecule has 2 aromatic heterocycles. The number of fused-ring (bicyclic) bond motifs is 1. The summed E-state index contributed by atoms with van der Waals surface area (Å²) in [6.45, 7) is 4.78. The second-order valence-electron chi connectivity index (χ2n) is 9.18. The zero-order valence-electron chi connectivity index (χ0n) is 17.6. The molecule has 0 radical (unpaired) electrons. The Hall–Kier alpha value is -2.61. The fraction of sp³-hybridized carbons (Fsp3) is 0.522. The van der Waals surface area contributed by atoms with E-state index in [0.29, 0.717) is 30.1 Å². The summed E-state index contributed by atoms with van der Waals surface area (Å²) >= 11 is 0. The summed E-state index contributed by atoms with van der Waals surface area (Å²) in [5.41, 5.74) is 2.53. The van der Waals surface area contributed by atoms with Gasteiger partial charge in [-0.05, 0) is 24.3 Å². The van der Waals surface area contributed by atoms with E-state index in [-0.39, 0.29) is 35.8 Å². The summed E-state index contributed by atoms with van der Waals surface area (Å²) in [4.78, 5) is 22.9. The van der Waals surface area contributed by atoms with Crippen molar-refractivity contribution in [2.75, 3.05) is 13.1 Å². The summed E-state index contributed by atoms with van der Waals surface area (Å²) in [5, 5.41) is 7.09. The van der Waals surface area contributed by atoms with E-state index in [2.05, 4.69) is 39.1 Å². The molecule has 2 aliphatic rings. The van der Waals surface area contributed by atoms with Gasteiger partial charge in [-0.15, -0.1) is 0 Å². The Bertz CT molecular complexity index is 1120. The first-order valence-electron chi connectivity index (χ1n) is 11.0. The summed E-state index contributed by atoms with van der Waals surface area (Å²) in [6, 6.07) is 10.3. The minimum absolute atomic E-state index is 0.0673. The predicted molar refractivity (Wildman–Crippen MR) is 114 cm³/mol. The molecule has 0 bridgehead atoms. The van der Waals surface area contributed by atoms with Crippen molar-refractivity contribution in [3.8, 4) is 0 Å². The maximum absolute atomic E-state index is 13.6. The molecule has 1 saturated carbocycles. The average molecular weight is 427 g/mol. The molecule has 8 heteroatoms. The van der Waals surface area contributed by atoms with Gasteiger partial charge in [0.25, 0.3) is 5.56 Å². The number of likely N-dealkylation sites (tertiary alicyclic amines) is 1. The lowest BCUT2D eigenvalue weighted by Gasteiger charge is -2.27. The summed E-state index contributed by atoms with van der Waals surface area (Å²) in [7, 11) is 0. The fourth-order valence-electron chi connectivity index (χ4n) is 5.13. The molecule has 1 aliphatic heterocycles. The van der Waals surface area contributed by atoms with Gasteiger partial charge < -0.3 is 4.98 Å². The number of benzene rings is 1. The predicted octanol–water partition coefficient (Wildman–Crippen LogP) is 4.17. The average Bonchev–Trinajstić information content (AvgIpc) is 3.32. The highest BCUT2D eigenvalue weighted by molar-refractivity contribution is 5.76. The highest BCUT2D eigenvalue weighted by Crippen LogP contribution is 2.41. The van der Waals surface area contributed by atoms with Gasteiger partial charge in [0.05, 0.1) is 5.69 Å². The lowest BCUT2D eigenvalue weighted by Crippen LogP contribution is -2.24. The molecule has 1 aliphatic carbocycles. The fourth-order valence-corrected chi connectivity index (χ4v) is 5.13. The van der Waals surface area contributed by atoms with Crippen LogP contribution in [0.4, 0.5) is 8.78 Å². The quantitative estimate of drug-likeness (QED) is 0.655. The van der Waals surface area contributed by atoms with E-state index in [4.69, 9.17) is 4.98 Å². The second kappa shape index (κ2) is 7.82. The van der Waals surface area contributed by atoms with Crippen molar-refractivity contribution in [3.05, 3.63) is 57.8 Å². The molecule has 0 spiro atoms. The third kappa shape index (κ3) is 4.01. The lowest BCUT2D eigenvalue weighted by atomic mass is 9.84. The van der Waals surface area contributed by atoms with E-state index >= 15 is 0 Å². The van der Waals surface area contributed by atoms with Crippen LogP contribution in [0.3, 0.4) is 0 Å². The Labute approximate surface area is 179 Å². The topological polar surface area (TPSA) is 77.7 Å². The van der Waals surface area contributed by atoms with Crippen LogP contribution in [0.5, 0.6) is 0 Å². The molecule has 1 saturated heterocycles. The van der Waals surface area contributed by atoms with Crippen LogP contribution in [0, 0.1) is 5.92 Å². The molecule has 31 heavy (non-hydrogen) atoms. The first-order valence-corrected chi connectivity index (χ1v) is 11.0. The van der Waals surface area contributed by atoms with Gasteiger partial charge in [0, 0.05) is 44.3 Å². The Balaban J connectivity index is 1.41. The molecular formula is C23H27F2N5O. The van der Waals surface area contributed by atoms with Crippen LogP contribution in [-0.4, -0.2) is 44.1 Å². The normalized spacial score (nSPS) is 24.7. The molecule has 2 unspecified atom stereocenters. The number of halogens is 2. The Morgan fingerprint density at radius 1 is 1.13 bits per heavy atom. The molecule has 3 heterocycles. The first-order chi connectivity index (χ1) is 14.9. The molecule has 164 valence electrons. The largest absolute Gasteiger partial charge is 0.308 e. The second-order valence-corrected chi connectivity index (χ2v) is 9.18. The van der Waals surface area contributed by atoms with Crippen molar-refractivity contribution >= 4 is 11.0 Å². The van der Waals surface area contributed by atoms with E-state index in [1.54, 1.807) is 0 Å². The third-order valence-electron chi connectivity index (χ3n) is 6.87. The van der Waals surface area contributed by atoms with Gasteiger partial charge in [0.1, 0.15) is 11.3 Å². The summed E-state index contributed by atoms with van der Waals surface area (Å²) < 4.78 is 27.2. The maximum atomic E-state index is 13.6. The van der Waals surface area contributed by atoms with Gasteiger partial charge in [-0.25, -0.2) is 13.8 Å². The zero-order valence-corrected chi connectivity index (χ0v) is 17.6. The van der Waals surface area contributed by atoms with Gasteiger partial charge >= 0.3 is 0 Å². The van der Waals surface area contributed by atoms with E-state index < -0.39 is 5.92 Å². The third-order valence-corrected chi connectivity index (χ3v) is 6.87. The first kappa shape index (κ1) is 20.3. The van der Waals surface area contributed by atoms with Crippen LogP contribution in [0.25, 0.3) is 11.0 Å². The van der Waals surface area contributed by atoms with E-state index in [1.807, 2.05) is 18.2 Å². The summed E-state index contributed by atoms with van der Waals surface area (Å²) in [5.74, 6) is -1.54. The van der Waals surface area contributed by atoms with Crippen molar-refractivity contribution in [1.29, 1.82) is 0 Å². The number of aromatic amines is 2. The van der Waals surface area contributed by atoms with Gasteiger partial charge in [-0.2, -0.15) is 5.10 Å². The van der Waals surface area contributed by atoms with Gasteiger partial charge in [0.15, 0.2) is 5.52 Å². The van der Waals surface area contributed by atoms with Crippen molar-refractivity contribution < 1.29 is 8.78 Å². The molecule has 2 N–H and O–H groups in total. The smallest absolute Gasteiger partial charge is 0.279 e. The molecule has 6 nitrogen and oxygen atoms in total. The van der Waals surface area contributed by atoms with E-state index in [0.717, 1.165) is 25.3 Å². The van der Waals surface area contributed by atoms with Gasteiger partial charge in [-0.1, -0.05) is 37.3 Å². The van der Waals surface area contributed by atoms with Crippen molar-refractivity contribution in [1.82, 2.24) is 25.1 Å². The van der Waals surface area contributed by atoms with Crippen molar-refractivity contribution in [2.24, 2.45) is 5.92 Å². The number of nitrogens with zero attached hydrogens (tertiary/aromatic N) is 3. The number of H-pyrrole nitrogens is 2. The molecule has 2 atom stereocenters. The van der Waals surface area contributed by atoms with Crippen LogP contribution in [0.1, 0.15) is 61.5 Å². The maximum Gasteiger partial charge on any atom is 0.279 e. The zero-order chi connectivity index (χ0) is 21.6. The lowest BCUT2D eigenvalue weighted by molar-refractivity contribution is -0.0384. The van der Waals surface area contributed by atoms with Crippen molar-refractivity contribution in [3.63, 3.8) is 0 Å². The van der Waals surface area contributed by atoms with Crippen LogP contribution in [0.15, 0.2) is 35.1 Å². The standard InChI is InChI=1S/C23H27F2N5O/c1-14-11-30(12-15-5-3-2-4-6-15)13-17(14)21-26-19-18(28-29-20(19)22(31)27-21)16-7-9-23(24,25)10-8-16/h2-6,14,16-17H,7-13H2,1H3,(H,28,29)(H,26,27,31). The molecular weight excluding hydrogens is 400 g/mol. The van der Waals surface area contributed by atoms with Crippen molar-refractivity contribution in [2.45, 2.75) is 56.9 Å². The van der Waals surface area contributed by atoms with Crippen LogP contribution in [-0.2, 0) is 6.54 Å². The molecule has 0 amide bonds. The number of hydrogen-bond donors (Lipinski definition) is 2. The number of hydrogen-bond acceptors (Lipinski definition) is 4. The van der Waals surface area contributed by atoms with Crippen LogP contribution >= 0.6 is 0 Å². The van der Waals surface area contributed by atoms with E-state index in [1.165, 1.54) is 5.56 Å². The van der Waals surface area contributed by atoms with E-state index in [9.17, 15) is 13.6 Å². The van der Waals surface area contributed by atoms with Crippen LogP contribution in [0.2, 0.25) is 0 Å². The minimum atomic E-state index is -2.59.